The van der Waals surface area contributed by atoms with Gasteiger partial charge in [-0.25, -0.2) is 4.39 Å². The SMILES string of the molecule is CN(C(=O)COc1ccc(F)cc1)C1CCOc2ccccc21. The third-order valence-electron chi connectivity index (χ3n) is 3.96. The second kappa shape index (κ2) is 6.69. The standard InChI is InChI=1S/C18H18FNO3/c1-20(16-10-11-22-17-5-3-2-4-15(16)17)18(21)12-23-14-8-6-13(19)7-9-14/h2-9,16H,10-12H2,1H3. The number of hydrogen-bond acceptors (Lipinski definition) is 3. The number of likely N-dealkylation sites (N-methyl/N-ethyl adjacent to an activating group) is 1. The molecule has 1 aliphatic heterocycles. The van der Waals surface area contributed by atoms with Crippen molar-refractivity contribution in [1.82, 2.24) is 4.90 Å². The number of nitrogens with zero attached hydrogens (tertiary/aromatic N) is 1. The van der Waals surface area contributed by atoms with Crippen molar-refractivity contribution in [2.45, 2.75) is 12.5 Å². The Bertz CT molecular complexity index is 687. The van der Waals surface area contributed by atoms with Crippen molar-refractivity contribution in [1.29, 1.82) is 0 Å². The molecule has 2 aromatic carbocycles. The van der Waals surface area contributed by atoms with Crippen molar-refractivity contribution in [3.8, 4) is 11.5 Å². The van der Waals surface area contributed by atoms with Gasteiger partial charge in [-0.05, 0) is 30.3 Å². The van der Waals surface area contributed by atoms with Crippen LogP contribution in [-0.4, -0.2) is 31.1 Å². The molecule has 0 radical (unpaired) electrons. The topological polar surface area (TPSA) is 38.8 Å². The molecule has 0 saturated heterocycles. The number of fused-ring (bicyclic) bond motifs is 1. The van der Waals surface area contributed by atoms with Gasteiger partial charge in [0.15, 0.2) is 6.61 Å². The predicted octanol–water partition coefficient (Wildman–Crippen LogP) is 3.19. The van der Waals surface area contributed by atoms with Crippen LogP contribution in [0.4, 0.5) is 4.39 Å². The molecule has 0 saturated carbocycles. The van der Waals surface area contributed by atoms with Crippen LogP contribution in [0.3, 0.4) is 0 Å². The fourth-order valence-corrected chi connectivity index (χ4v) is 2.68. The van der Waals surface area contributed by atoms with Gasteiger partial charge in [-0.15, -0.1) is 0 Å². The van der Waals surface area contributed by atoms with Gasteiger partial charge in [0, 0.05) is 19.0 Å². The van der Waals surface area contributed by atoms with E-state index in [1.165, 1.54) is 24.3 Å². The van der Waals surface area contributed by atoms with Gasteiger partial charge in [0.05, 0.1) is 12.6 Å². The lowest BCUT2D eigenvalue weighted by Gasteiger charge is -2.33. The normalized spacial score (nSPS) is 16.2. The van der Waals surface area contributed by atoms with Crippen LogP contribution in [0.2, 0.25) is 0 Å². The van der Waals surface area contributed by atoms with Crippen LogP contribution in [0, 0.1) is 5.82 Å². The number of halogens is 1. The molecule has 1 unspecified atom stereocenters. The molecule has 4 nitrogen and oxygen atoms in total. The van der Waals surface area contributed by atoms with E-state index < -0.39 is 0 Å². The minimum absolute atomic E-state index is 0.0238. The van der Waals surface area contributed by atoms with Crippen LogP contribution in [0.1, 0.15) is 18.0 Å². The Morgan fingerprint density at radius 3 is 2.78 bits per heavy atom. The van der Waals surface area contributed by atoms with Gasteiger partial charge < -0.3 is 14.4 Å². The Hall–Kier alpha value is -2.56. The Kier molecular flexibility index (Phi) is 4.46. The molecule has 0 spiro atoms. The number of ether oxygens (including phenoxy) is 2. The summed E-state index contributed by atoms with van der Waals surface area (Å²) in [5.41, 5.74) is 1.01. The summed E-state index contributed by atoms with van der Waals surface area (Å²) in [6, 6.07) is 13.3. The molecule has 0 aliphatic carbocycles. The highest BCUT2D eigenvalue weighted by Gasteiger charge is 2.27. The van der Waals surface area contributed by atoms with Crippen molar-refractivity contribution >= 4 is 5.91 Å². The molecular weight excluding hydrogens is 297 g/mol. The predicted molar refractivity (Wildman–Crippen MR) is 84.0 cm³/mol. The smallest absolute Gasteiger partial charge is 0.260 e. The highest BCUT2D eigenvalue weighted by molar-refractivity contribution is 5.78. The van der Waals surface area contributed by atoms with Crippen LogP contribution in [0.15, 0.2) is 48.5 Å². The van der Waals surface area contributed by atoms with Crippen LogP contribution in [-0.2, 0) is 4.79 Å². The summed E-state index contributed by atoms with van der Waals surface area (Å²) in [6.45, 7) is 0.500. The van der Waals surface area contributed by atoms with E-state index in [9.17, 15) is 9.18 Å². The number of carbonyl (C=O) groups excluding carboxylic acids is 1. The second-order valence-corrected chi connectivity index (χ2v) is 5.44. The number of para-hydroxylation sites is 1. The fourth-order valence-electron chi connectivity index (χ4n) is 2.68. The lowest BCUT2D eigenvalue weighted by atomic mass is 9.99. The van der Waals surface area contributed by atoms with Crippen molar-refractivity contribution in [3.63, 3.8) is 0 Å². The molecule has 120 valence electrons. The van der Waals surface area contributed by atoms with Gasteiger partial charge in [0.25, 0.3) is 5.91 Å². The molecular formula is C18H18FNO3. The summed E-state index contributed by atoms with van der Waals surface area (Å²) in [5.74, 6) is 0.832. The Morgan fingerprint density at radius 1 is 1.26 bits per heavy atom. The Morgan fingerprint density at radius 2 is 2.00 bits per heavy atom. The maximum absolute atomic E-state index is 12.9. The molecule has 0 aromatic heterocycles. The number of rotatable bonds is 4. The van der Waals surface area contributed by atoms with Gasteiger partial charge in [0.2, 0.25) is 0 Å². The van der Waals surface area contributed by atoms with Crippen LogP contribution >= 0.6 is 0 Å². The second-order valence-electron chi connectivity index (χ2n) is 5.44. The van der Waals surface area contributed by atoms with Crippen molar-refractivity contribution in [2.24, 2.45) is 0 Å². The Labute approximate surface area is 134 Å². The monoisotopic (exact) mass is 315 g/mol. The molecule has 1 atom stereocenters. The van der Waals surface area contributed by atoms with E-state index in [2.05, 4.69) is 0 Å². The van der Waals surface area contributed by atoms with Crippen LogP contribution in [0.25, 0.3) is 0 Å². The molecule has 3 rings (SSSR count). The first-order valence-corrected chi connectivity index (χ1v) is 7.51. The summed E-state index contributed by atoms with van der Waals surface area (Å²) in [5, 5.41) is 0. The molecule has 1 heterocycles. The maximum Gasteiger partial charge on any atom is 0.260 e. The minimum atomic E-state index is -0.334. The summed E-state index contributed by atoms with van der Waals surface area (Å²) < 4.78 is 23.9. The number of amides is 1. The van der Waals surface area contributed by atoms with Crippen LogP contribution < -0.4 is 9.47 Å². The molecule has 0 bridgehead atoms. The van der Waals surface area contributed by atoms with E-state index in [1.807, 2.05) is 24.3 Å². The average molecular weight is 315 g/mol. The number of benzene rings is 2. The van der Waals surface area contributed by atoms with E-state index in [0.717, 1.165) is 17.7 Å². The highest BCUT2D eigenvalue weighted by atomic mass is 19.1. The van der Waals surface area contributed by atoms with E-state index >= 15 is 0 Å². The summed E-state index contributed by atoms with van der Waals surface area (Å²) >= 11 is 0. The van der Waals surface area contributed by atoms with E-state index in [4.69, 9.17) is 9.47 Å². The highest BCUT2D eigenvalue weighted by Crippen LogP contribution is 2.35. The molecule has 1 amide bonds. The maximum atomic E-state index is 12.9. The van der Waals surface area contributed by atoms with Gasteiger partial charge in [0.1, 0.15) is 17.3 Å². The van der Waals surface area contributed by atoms with E-state index in [0.29, 0.717) is 12.4 Å². The van der Waals surface area contributed by atoms with E-state index in [-0.39, 0.29) is 24.4 Å². The lowest BCUT2D eigenvalue weighted by Crippen LogP contribution is -2.37. The summed E-state index contributed by atoms with van der Waals surface area (Å²) in [7, 11) is 1.77. The summed E-state index contributed by atoms with van der Waals surface area (Å²) in [6.07, 6.45) is 0.746. The molecule has 0 fully saturated rings. The lowest BCUT2D eigenvalue weighted by molar-refractivity contribution is -0.134. The zero-order valence-corrected chi connectivity index (χ0v) is 12.9. The number of hydrogen-bond donors (Lipinski definition) is 0. The largest absolute Gasteiger partial charge is 0.493 e. The minimum Gasteiger partial charge on any atom is -0.493 e. The third-order valence-corrected chi connectivity index (χ3v) is 3.96. The van der Waals surface area contributed by atoms with Gasteiger partial charge in [-0.3, -0.25) is 4.79 Å². The van der Waals surface area contributed by atoms with E-state index in [1.54, 1.807) is 11.9 Å². The third kappa shape index (κ3) is 3.44. The molecule has 2 aromatic rings. The van der Waals surface area contributed by atoms with Gasteiger partial charge >= 0.3 is 0 Å². The van der Waals surface area contributed by atoms with Crippen molar-refractivity contribution < 1.29 is 18.7 Å². The van der Waals surface area contributed by atoms with Crippen LogP contribution in [0.5, 0.6) is 11.5 Å². The van der Waals surface area contributed by atoms with Gasteiger partial charge in [-0.2, -0.15) is 0 Å². The fraction of sp³-hybridized carbons (Fsp3) is 0.278. The quantitative estimate of drug-likeness (QED) is 0.870. The first-order chi connectivity index (χ1) is 11.1. The first-order valence-electron chi connectivity index (χ1n) is 7.51. The molecule has 23 heavy (non-hydrogen) atoms. The first kappa shape index (κ1) is 15.3. The number of carbonyl (C=O) groups is 1. The zero-order chi connectivity index (χ0) is 16.2. The van der Waals surface area contributed by atoms with Crippen molar-refractivity contribution in [3.05, 3.63) is 59.9 Å². The molecule has 1 aliphatic rings. The Balaban J connectivity index is 1.65. The average Bonchev–Trinajstić information content (AvgIpc) is 2.60. The zero-order valence-electron chi connectivity index (χ0n) is 12.9. The molecule has 5 heteroatoms. The van der Waals surface area contributed by atoms with Gasteiger partial charge in [-0.1, -0.05) is 18.2 Å². The van der Waals surface area contributed by atoms with Crippen molar-refractivity contribution in [2.75, 3.05) is 20.3 Å². The summed E-state index contributed by atoms with van der Waals surface area (Å²) in [4.78, 5) is 14.1. The molecule has 0 N–H and O–H groups in total.